The Morgan fingerprint density at radius 3 is 1.72 bits per heavy atom. The minimum Gasteiger partial charge on any atom is -0.345 e. The van der Waals surface area contributed by atoms with Gasteiger partial charge in [-0.25, -0.2) is 0 Å². The summed E-state index contributed by atoms with van der Waals surface area (Å²) in [6, 6.07) is -2.65. The molecule has 0 bridgehead atoms. The molecule has 106 valence electrons. The van der Waals surface area contributed by atoms with Gasteiger partial charge in [0.05, 0.1) is 0 Å². The van der Waals surface area contributed by atoms with Crippen molar-refractivity contribution in [3.63, 3.8) is 0 Å². The van der Waals surface area contributed by atoms with E-state index >= 15 is 0 Å². The first-order chi connectivity index (χ1) is 8.26. The van der Waals surface area contributed by atoms with E-state index in [-0.39, 0.29) is 5.67 Å². The van der Waals surface area contributed by atoms with Crippen molar-refractivity contribution in [1.82, 2.24) is 4.23 Å². The molecule has 1 atom stereocenters. The number of hydrogen-bond acceptors (Lipinski definition) is 1. The Kier molecular flexibility index (Phi) is 9.48. The average Bonchev–Trinajstić information content (AvgIpc) is 2.27. The summed E-state index contributed by atoms with van der Waals surface area (Å²) in [5.74, 6) is 0. The summed E-state index contributed by atoms with van der Waals surface area (Å²) in [5.41, 5.74) is 0.186. The Morgan fingerprint density at radius 2 is 1.50 bits per heavy atom. The molecule has 0 rings (SSSR count). The lowest BCUT2D eigenvalue weighted by Crippen LogP contribution is -2.51. The lowest BCUT2D eigenvalue weighted by atomic mass is 10.5. The number of rotatable bonds is 7. The molecular formula is C11H24Cl3NSi3. The monoisotopic (exact) mass is 359 g/mol. The largest absolute Gasteiger partial charge is 0.356 e. The van der Waals surface area contributed by atoms with Crippen LogP contribution >= 0.6 is 33.2 Å². The third kappa shape index (κ3) is 6.93. The van der Waals surface area contributed by atoms with E-state index in [1.165, 1.54) is 10.4 Å². The molecule has 18 heavy (non-hydrogen) atoms. The van der Waals surface area contributed by atoms with Gasteiger partial charge in [0, 0.05) is 5.67 Å². The molecule has 0 aromatic rings. The van der Waals surface area contributed by atoms with E-state index in [1.54, 1.807) is 0 Å². The highest BCUT2D eigenvalue weighted by Gasteiger charge is 2.39. The molecule has 1 nitrogen and oxygen atoms in total. The van der Waals surface area contributed by atoms with E-state index < -0.39 is 25.4 Å². The molecule has 0 radical (unpaired) electrons. The first-order valence-electron chi connectivity index (χ1n) is 6.30. The van der Waals surface area contributed by atoms with E-state index in [2.05, 4.69) is 51.0 Å². The second kappa shape index (κ2) is 9.00. The summed E-state index contributed by atoms with van der Waals surface area (Å²) in [5, 5.41) is 2.96. The maximum Gasteiger partial charge on any atom is 0.356 e. The van der Waals surface area contributed by atoms with Gasteiger partial charge in [-0.1, -0.05) is 29.5 Å². The van der Waals surface area contributed by atoms with E-state index in [0.29, 0.717) is 0 Å². The Morgan fingerprint density at radius 1 is 1.11 bits per heavy atom. The predicted molar refractivity (Wildman–Crippen MR) is 95.2 cm³/mol. The number of halogens is 3. The Hall–Kier alpha value is 0.961. The summed E-state index contributed by atoms with van der Waals surface area (Å²) in [6.45, 7) is 10.7. The van der Waals surface area contributed by atoms with Crippen LogP contribution in [0.4, 0.5) is 0 Å². The molecule has 0 aromatic heterocycles. The van der Waals surface area contributed by atoms with Crippen LogP contribution in [0.25, 0.3) is 0 Å². The number of nitrogens with zero attached hydrogens (tertiary/aromatic N) is 1. The minimum atomic E-state index is -2.65. The van der Waals surface area contributed by atoms with Gasteiger partial charge < -0.3 is 4.23 Å². The smallest absolute Gasteiger partial charge is 0.345 e. The molecule has 0 heterocycles. The molecule has 0 saturated carbocycles. The van der Waals surface area contributed by atoms with Crippen LogP contribution in [0.2, 0.25) is 0 Å². The molecule has 0 N–H and O–H groups in total. The molecule has 0 fully saturated rings. The highest BCUT2D eigenvalue weighted by Crippen LogP contribution is 2.30. The fraction of sp³-hybridized carbons (Fsp3) is 0.636. The first-order valence-corrected chi connectivity index (χ1v) is 14.1. The molecule has 0 saturated heterocycles. The van der Waals surface area contributed by atoms with Gasteiger partial charge in [0.15, 0.2) is 0 Å². The van der Waals surface area contributed by atoms with Crippen LogP contribution in [-0.4, -0.2) is 35.3 Å². The second-order valence-corrected chi connectivity index (χ2v) is 18.9. The van der Waals surface area contributed by atoms with Crippen molar-refractivity contribution in [3.05, 3.63) is 22.5 Å². The molecule has 0 aromatic carbocycles. The van der Waals surface area contributed by atoms with Gasteiger partial charge in [-0.3, -0.25) is 0 Å². The molecular weight excluding hydrogens is 337 g/mol. The maximum absolute atomic E-state index is 6.28. The number of hydrogen-bond donors (Lipinski definition) is 0. The predicted octanol–water partition coefficient (Wildman–Crippen LogP) is 3.28. The van der Waals surface area contributed by atoms with E-state index in [4.69, 9.17) is 33.2 Å². The normalized spacial score (nSPS) is 17.6. The van der Waals surface area contributed by atoms with Crippen molar-refractivity contribution in [1.29, 1.82) is 0 Å². The van der Waals surface area contributed by atoms with Crippen LogP contribution in [0.15, 0.2) is 22.5 Å². The Labute approximate surface area is 131 Å². The van der Waals surface area contributed by atoms with Crippen LogP contribution in [0.1, 0.15) is 41.0 Å². The fourth-order valence-electron chi connectivity index (χ4n) is 1.80. The van der Waals surface area contributed by atoms with Crippen LogP contribution in [0.3, 0.4) is 0 Å². The summed E-state index contributed by atoms with van der Waals surface area (Å²) in [7, 11) is -0.888. The van der Waals surface area contributed by atoms with Crippen molar-refractivity contribution in [2.75, 3.05) is 0 Å². The molecule has 7 heteroatoms. The third-order valence-electron chi connectivity index (χ3n) is 3.10. The minimum absolute atomic E-state index is 0.186. The Bertz CT molecular complexity index is 293. The van der Waals surface area contributed by atoms with E-state index in [0.717, 1.165) is 6.42 Å². The summed E-state index contributed by atoms with van der Waals surface area (Å²) >= 11 is 18.8. The van der Waals surface area contributed by atoms with Crippen LogP contribution < -0.4 is 0 Å². The zero-order valence-corrected chi connectivity index (χ0v) is 18.0. The molecule has 0 aliphatic rings. The van der Waals surface area contributed by atoms with Gasteiger partial charge in [-0.15, -0.1) is 33.2 Å². The summed E-state index contributed by atoms with van der Waals surface area (Å²) < 4.78 is 2.57. The quantitative estimate of drug-likeness (QED) is 0.497. The van der Waals surface area contributed by atoms with Gasteiger partial charge in [0.25, 0.3) is 0 Å². The highest BCUT2D eigenvalue weighted by atomic mass is 35.8. The zero-order valence-electron chi connectivity index (χ0n) is 11.9. The van der Waals surface area contributed by atoms with Crippen molar-refractivity contribution in [2.45, 2.75) is 46.7 Å². The first kappa shape index (κ1) is 19.0. The molecule has 0 amide bonds. The lowest BCUT2D eigenvalue weighted by molar-refractivity contribution is 0.588. The third-order valence-corrected chi connectivity index (χ3v) is 12.5. The van der Waals surface area contributed by atoms with Gasteiger partial charge in [0.2, 0.25) is 0 Å². The fourth-order valence-corrected chi connectivity index (χ4v) is 14.7. The van der Waals surface area contributed by atoms with Gasteiger partial charge in [0.1, 0.15) is 19.4 Å². The molecule has 1 unspecified atom stereocenters. The van der Waals surface area contributed by atoms with E-state index in [1.807, 2.05) is 0 Å². The summed E-state index contributed by atoms with van der Waals surface area (Å²) in [4.78, 5) is 0. The van der Waals surface area contributed by atoms with Gasteiger partial charge in [-0.05, 0) is 34.1 Å². The van der Waals surface area contributed by atoms with Crippen molar-refractivity contribution in [3.8, 4) is 0 Å². The summed E-state index contributed by atoms with van der Waals surface area (Å²) in [6.07, 6.45) is 5.34. The average molecular weight is 361 g/mol. The zero-order chi connectivity index (χ0) is 14.3. The standard InChI is InChI=1S/C11H24Cl3NSi3/c1-6-9(4)16-15(17-10(5)7-2)11(8-3)18(12,13)14/h6-7,11H,8,16-17H2,1-5H3. The molecule has 0 spiro atoms. The van der Waals surface area contributed by atoms with Gasteiger partial charge >= 0.3 is 6.00 Å². The van der Waals surface area contributed by atoms with Crippen molar-refractivity contribution >= 4 is 58.6 Å². The molecule has 0 aliphatic heterocycles. The van der Waals surface area contributed by atoms with E-state index in [9.17, 15) is 0 Å². The topological polar surface area (TPSA) is 3.24 Å². The van der Waals surface area contributed by atoms with Crippen LogP contribution in [0, 0.1) is 0 Å². The highest BCUT2D eigenvalue weighted by molar-refractivity contribution is 7.65. The molecule has 0 aliphatic carbocycles. The second-order valence-electron chi connectivity index (χ2n) is 4.64. The van der Waals surface area contributed by atoms with Crippen LogP contribution in [-0.2, 0) is 0 Å². The Balaban J connectivity index is 5.05. The van der Waals surface area contributed by atoms with Crippen molar-refractivity contribution in [2.24, 2.45) is 0 Å². The maximum atomic E-state index is 6.28. The number of allylic oxidation sites excluding steroid dienone is 4. The van der Waals surface area contributed by atoms with Crippen molar-refractivity contribution < 1.29 is 0 Å². The SMILES string of the molecule is CC=C(C)[SiH2]N([SiH2]C(C)=CC)C(CC)[Si](Cl)(Cl)Cl. The van der Waals surface area contributed by atoms with Crippen LogP contribution in [0.5, 0.6) is 0 Å². The van der Waals surface area contributed by atoms with Gasteiger partial charge in [-0.2, -0.15) is 0 Å². The lowest BCUT2D eigenvalue weighted by Gasteiger charge is -2.35.